The Hall–Kier alpha value is -0.350. The predicted octanol–water partition coefficient (Wildman–Crippen LogP) is 4.91. The van der Waals surface area contributed by atoms with Gasteiger partial charge >= 0.3 is 0 Å². The van der Waals surface area contributed by atoms with Crippen LogP contribution in [0.3, 0.4) is 0 Å². The first kappa shape index (κ1) is 13.1. The minimum Gasteiger partial charge on any atom is -0.320 e. The van der Waals surface area contributed by atoms with Crippen LogP contribution in [0.4, 0.5) is 0 Å². The van der Waals surface area contributed by atoms with Crippen molar-refractivity contribution >= 4 is 43.5 Å². The SMILES string of the molecule is NC(c1ccccc1Cl)c1ccc(Br)cc1Br. The van der Waals surface area contributed by atoms with Crippen LogP contribution in [0.5, 0.6) is 0 Å². The largest absolute Gasteiger partial charge is 0.320 e. The van der Waals surface area contributed by atoms with E-state index < -0.39 is 0 Å². The summed E-state index contributed by atoms with van der Waals surface area (Å²) in [6, 6.07) is 13.3. The molecule has 1 nitrogen and oxygen atoms in total. The van der Waals surface area contributed by atoms with Gasteiger partial charge in [-0.05, 0) is 29.3 Å². The molecule has 0 radical (unpaired) electrons. The first-order chi connectivity index (χ1) is 8.09. The Labute approximate surface area is 122 Å². The molecule has 0 aliphatic heterocycles. The van der Waals surface area contributed by atoms with Crippen LogP contribution in [0.15, 0.2) is 51.4 Å². The summed E-state index contributed by atoms with van der Waals surface area (Å²) in [5.74, 6) is 0. The van der Waals surface area contributed by atoms with Crippen LogP contribution in [0.2, 0.25) is 5.02 Å². The van der Waals surface area contributed by atoms with E-state index in [0.717, 1.165) is 20.1 Å². The Morgan fingerprint density at radius 2 is 1.71 bits per heavy atom. The van der Waals surface area contributed by atoms with E-state index in [0.29, 0.717) is 5.02 Å². The van der Waals surface area contributed by atoms with E-state index in [1.54, 1.807) is 0 Å². The average molecular weight is 375 g/mol. The summed E-state index contributed by atoms with van der Waals surface area (Å²) in [6.07, 6.45) is 0. The number of nitrogens with two attached hydrogens (primary N) is 1. The second-order valence-electron chi connectivity index (χ2n) is 3.67. The van der Waals surface area contributed by atoms with E-state index in [1.807, 2.05) is 42.5 Å². The molecular weight excluding hydrogens is 365 g/mol. The van der Waals surface area contributed by atoms with Gasteiger partial charge in [-0.25, -0.2) is 0 Å². The molecule has 0 bridgehead atoms. The Morgan fingerprint density at radius 1 is 1.00 bits per heavy atom. The summed E-state index contributed by atoms with van der Waals surface area (Å²) < 4.78 is 1.98. The van der Waals surface area contributed by atoms with Gasteiger partial charge in [0.15, 0.2) is 0 Å². The number of hydrogen-bond acceptors (Lipinski definition) is 1. The molecule has 0 saturated heterocycles. The monoisotopic (exact) mass is 373 g/mol. The molecule has 0 amide bonds. The predicted molar refractivity (Wildman–Crippen MR) is 79.3 cm³/mol. The second-order valence-corrected chi connectivity index (χ2v) is 5.84. The highest BCUT2D eigenvalue weighted by molar-refractivity contribution is 9.11. The Bertz CT molecular complexity index is 543. The van der Waals surface area contributed by atoms with Crippen molar-refractivity contribution in [1.82, 2.24) is 0 Å². The molecule has 0 heterocycles. The summed E-state index contributed by atoms with van der Waals surface area (Å²) in [5, 5.41) is 0.690. The van der Waals surface area contributed by atoms with Crippen molar-refractivity contribution in [3.05, 3.63) is 67.6 Å². The lowest BCUT2D eigenvalue weighted by atomic mass is 10.00. The summed E-state index contributed by atoms with van der Waals surface area (Å²) in [6.45, 7) is 0. The smallest absolute Gasteiger partial charge is 0.0577 e. The molecule has 0 fully saturated rings. The molecule has 2 aromatic carbocycles. The van der Waals surface area contributed by atoms with Gasteiger partial charge in [0.05, 0.1) is 6.04 Å². The quantitative estimate of drug-likeness (QED) is 0.793. The first-order valence-electron chi connectivity index (χ1n) is 5.04. The van der Waals surface area contributed by atoms with Gasteiger partial charge in [0, 0.05) is 14.0 Å². The fraction of sp³-hybridized carbons (Fsp3) is 0.0769. The summed E-state index contributed by atoms with van der Waals surface area (Å²) in [7, 11) is 0. The topological polar surface area (TPSA) is 26.0 Å². The van der Waals surface area contributed by atoms with E-state index in [9.17, 15) is 0 Å². The van der Waals surface area contributed by atoms with E-state index >= 15 is 0 Å². The van der Waals surface area contributed by atoms with Gasteiger partial charge in [-0.2, -0.15) is 0 Å². The Morgan fingerprint density at radius 3 is 2.35 bits per heavy atom. The lowest BCUT2D eigenvalue weighted by Crippen LogP contribution is -2.12. The lowest BCUT2D eigenvalue weighted by molar-refractivity contribution is 0.866. The van der Waals surface area contributed by atoms with Crippen molar-refractivity contribution in [3.63, 3.8) is 0 Å². The van der Waals surface area contributed by atoms with Crippen LogP contribution in [-0.2, 0) is 0 Å². The van der Waals surface area contributed by atoms with Crippen molar-refractivity contribution in [3.8, 4) is 0 Å². The molecule has 17 heavy (non-hydrogen) atoms. The minimum atomic E-state index is -0.230. The summed E-state index contributed by atoms with van der Waals surface area (Å²) in [5.41, 5.74) is 8.18. The molecule has 0 spiro atoms. The molecule has 0 aliphatic carbocycles. The maximum atomic E-state index is 6.24. The molecule has 1 atom stereocenters. The van der Waals surface area contributed by atoms with Crippen LogP contribution >= 0.6 is 43.5 Å². The van der Waals surface area contributed by atoms with E-state index in [4.69, 9.17) is 17.3 Å². The molecular formula is C13H10Br2ClN. The van der Waals surface area contributed by atoms with Crippen LogP contribution in [-0.4, -0.2) is 0 Å². The highest BCUT2D eigenvalue weighted by Crippen LogP contribution is 2.32. The van der Waals surface area contributed by atoms with E-state index in [-0.39, 0.29) is 6.04 Å². The fourth-order valence-corrected chi connectivity index (χ4v) is 3.20. The van der Waals surface area contributed by atoms with Gasteiger partial charge in [0.1, 0.15) is 0 Å². The van der Waals surface area contributed by atoms with Gasteiger partial charge in [-0.15, -0.1) is 0 Å². The zero-order valence-electron chi connectivity index (χ0n) is 8.83. The fourth-order valence-electron chi connectivity index (χ4n) is 1.65. The number of halogens is 3. The third-order valence-corrected chi connectivity index (χ3v) is 4.06. The molecule has 0 saturated carbocycles. The average Bonchev–Trinajstić information content (AvgIpc) is 2.29. The van der Waals surface area contributed by atoms with Crippen molar-refractivity contribution in [1.29, 1.82) is 0 Å². The summed E-state index contributed by atoms with van der Waals surface area (Å²) >= 11 is 13.1. The molecule has 88 valence electrons. The highest BCUT2D eigenvalue weighted by Gasteiger charge is 2.14. The van der Waals surface area contributed by atoms with Crippen molar-refractivity contribution in [2.75, 3.05) is 0 Å². The van der Waals surface area contributed by atoms with Crippen LogP contribution < -0.4 is 5.73 Å². The van der Waals surface area contributed by atoms with Crippen molar-refractivity contribution < 1.29 is 0 Å². The zero-order chi connectivity index (χ0) is 12.4. The van der Waals surface area contributed by atoms with E-state index in [2.05, 4.69) is 31.9 Å². The second kappa shape index (κ2) is 5.53. The molecule has 2 aromatic rings. The molecule has 4 heteroatoms. The molecule has 1 unspecified atom stereocenters. The van der Waals surface area contributed by atoms with Crippen LogP contribution in [0.25, 0.3) is 0 Å². The number of benzene rings is 2. The van der Waals surface area contributed by atoms with E-state index in [1.165, 1.54) is 0 Å². The molecule has 2 N–H and O–H groups in total. The summed E-state index contributed by atoms with van der Waals surface area (Å²) in [4.78, 5) is 0. The molecule has 2 rings (SSSR count). The van der Waals surface area contributed by atoms with Crippen molar-refractivity contribution in [2.45, 2.75) is 6.04 Å². The third-order valence-electron chi connectivity index (χ3n) is 2.54. The zero-order valence-corrected chi connectivity index (χ0v) is 12.8. The highest BCUT2D eigenvalue weighted by atomic mass is 79.9. The van der Waals surface area contributed by atoms with Gasteiger partial charge in [0.2, 0.25) is 0 Å². The normalized spacial score (nSPS) is 12.5. The molecule has 0 aromatic heterocycles. The van der Waals surface area contributed by atoms with Gasteiger partial charge in [-0.3, -0.25) is 0 Å². The maximum Gasteiger partial charge on any atom is 0.0577 e. The van der Waals surface area contributed by atoms with Gasteiger partial charge in [0.25, 0.3) is 0 Å². The number of hydrogen-bond donors (Lipinski definition) is 1. The Kier molecular flexibility index (Phi) is 4.26. The Balaban J connectivity index is 2.44. The number of rotatable bonds is 2. The standard InChI is InChI=1S/C13H10Br2ClN/c14-8-5-6-9(11(15)7-8)13(17)10-3-1-2-4-12(10)16/h1-7,13H,17H2. The third kappa shape index (κ3) is 2.91. The van der Waals surface area contributed by atoms with Crippen LogP contribution in [0, 0.1) is 0 Å². The van der Waals surface area contributed by atoms with Gasteiger partial charge in [-0.1, -0.05) is 67.7 Å². The lowest BCUT2D eigenvalue weighted by Gasteiger charge is -2.16. The molecule has 0 aliphatic rings. The maximum absolute atomic E-state index is 6.24. The minimum absolute atomic E-state index is 0.230. The van der Waals surface area contributed by atoms with Crippen LogP contribution in [0.1, 0.15) is 17.2 Å². The first-order valence-corrected chi connectivity index (χ1v) is 7.01. The van der Waals surface area contributed by atoms with Crippen molar-refractivity contribution in [2.24, 2.45) is 5.73 Å². The van der Waals surface area contributed by atoms with Gasteiger partial charge < -0.3 is 5.73 Å².